The molecule has 0 spiro atoms. The van der Waals surface area contributed by atoms with E-state index < -0.39 is 0 Å². The van der Waals surface area contributed by atoms with Crippen molar-refractivity contribution in [2.45, 2.75) is 52.4 Å². The summed E-state index contributed by atoms with van der Waals surface area (Å²) in [6.45, 7) is 16.6. The molecule has 0 unspecified atom stereocenters. The van der Waals surface area contributed by atoms with Crippen molar-refractivity contribution in [1.29, 1.82) is 0 Å². The molecule has 0 saturated heterocycles. The summed E-state index contributed by atoms with van der Waals surface area (Å²) >= 11 is 1.36. The molecule has 0 bridgehead atoms. The van der Waals surface area contributed by atoms with E-state index in [2.05, 4.69) is 121 Å². The Balaban J connectivity index is -0.000000437. The first-order chi connectivity index (χ1) is 13.2. The van der Waals surface area contributed by atoms with E-state index >= 15 is 0 Å². The zero-order chi connectivity index (χ0) is 20.9. The van der Waals surface area contributed by atoms with Gasteiger partial charge in [0, 0.05) is 0 Å². The molecule has 4 aromatic rings. The molecule has 0 heterocycles. The molecular formula is C28H38Cl2SiZr-4. The van der Waals surface area contributed by atoms with Crippen LogP contribution in [0.4, 0.5) is 0 Å². The number of benzene rings is 2. The van der Waals surface area contributed by atoms with Crippen molar-refractivity contribution in [2.24, 2.45) is 0 Å². The molecule has 4 heteroatoms. The molecule has 176 valence electrons. The van der Waals surface area contributed by atoms with E-state index in [1.807, 2.05) is 0 Å². The van der Waals surface area contributed by atoms with Crippen LogP contribution < -0.4 is 0 Å². The van der Waals surface area contributed by atoms with Gasteiger partial charge in [0.15, 0.2) is 0 Å². The summed E-state index contributed by atoms with van der Waals surface area (Å²) in [6, 6.07) is 26.0. The van der Waals surface area contributed by atoms with Gasteiger partial charge >= 0.3 is 30.2 Å². The standard InChI is InChI=1S/2C13H15.2CH3.2ClH.Si.Zr/c2*1-13(2,3)12-9-8-10-6-4-5-7-11(10)12;;;;;;/h2*4-9H,1-3H3;2*1H3;2*1H;;/q4*-1;;;;. The molecular weight excluding hydrogens is 527 g/mol. The Labute approximate surface area is 226 Å². The average Bonchev–Trinajstić information content (AvgIpc) is 3.27. The van der Waals surface area contributed by atoms with E-state index in [4.69, 9.17) is 0 Å². The molecule has 2 radical (unpaired) electrons. The van der Waals surface area contributed by atoms with E-state index in [0.717, 1.165) is 0 Å². The van der Waals surface area contributed by atoms with Crippen LogP contribution >= 0.6 is 24.8 Å². The van der Waals surface area contributed by atoms with E-state index in [9.17, 15) is 0 Å². The van der Waals surface area contributed by atoms with Crippen molar-refractivity contribution in [3.05, 3.63) is 98.8 Å². The van der Waals surface area contributed by atoms with Gasteiger partial charge in [-0.05, 0) is 0 Å². The maximum absolute atomic E-state index is 3.06. The topological polar surface area (TPSA) is 0 Å². The van der Waals surface area contributed by atoms with Crippen LogP contribution in [0.1, 0.15) is 52.7 Å². The Morgan fingerprint density at radius 3 is 1.16 bits per heavy atom. The van der Waals surface area contributed by atoms with Gasteiger partial charge in [0.05, 0.1) is 0 Å². The van der Waals surface area contributed by atoms with Crippen molar-refractivity contribution in [3.63, 3.8) is 0 Å². The van der Waals surface area contributed by atoms with Crippen molar-refractivity contribution < 1.29 is 23.3 Å². The molecule has 32 heavy (non-hydrogen) atoms. The van der Waals surface area contributed by atoms with Crippen LogP contribution in [0.2, 0.25) is 0 Å². The number of hydrogen-bond donors (Lipinski definition) is 0. The second-order valence-electron chi connectivity index (χ2n) is 9.17. The molecule has 0 nitrogen and oxygen atoms in total. The fourth-order valence-corrected chi connectivity index (χ4v) is 3.61. The van der Waals surface area contributed by atoms with E-state index in [0.29, 0.717) is 0 Å². The molecule has 0 fully saturated rings. The van der Waals surface area contributed by atoms with Crippen molar-refractivity contribution >= 4 is 53.2 Å². The molecule has 4 aromatic carbocycles. The third kappa shape index (κ3) is 8.94. The Morgan fingerprint density at radius 1 is 0.594 bits per heavy atom. The van der Waals surface area contributed by atoms with Crippen molar-refractivity contribution in [2.75, 3.05) is 0 Å². The molecule has 0 amide bonds. The Morgan fingerprint density at radius 2 is 0.875 bits per heavy atom. The van der Waals surface area contributed by atoms with Gasteiger partial charge in [-0.3, -0.25) is 0 Å². The van der Waals surface area contributed by atoms with Crippen LogP contribution in [0.3, 0.4) is 0 Å². The van der Waals surface area contributed by atoms with E-state index in [1.54, 1.807) is 0 Å². The third-order valence-electron chi connectivity index (χ3n) is 4.98. The van der Waals surface area contributed by atoms with Crippen LogP contribution in [-0.4, -0.2) is 6.88 Å². The summed E-state index contributed by atoms with van der Waals surface area (Å²) in [7, 11) is 0. The molecule has 0 saturated carbocycles. The first-order valence-corrected chi connectivity index (χ1v) is 13.9. The minimum absolute atomic E-state index is 0. The van der Waals surface area contributed by atoms with Gasteiger partial charge in [-0.25, -0.2) is 0 Å². The van der Waals surface area contributed by atoms with Gasteiger partial charge < -0.3 is 14.9 Å². The first-order valence-electron chi connectivity index (χ1n) is 9.73. The molecule has 0 aliphatic heterocycles. The Bertz CT molecular complexity index is 949. The van der Waals surface area contributed by atoms with Crippen LogP contribution in [0.5, 0.6) is 0 Å². The monoisotopic (exact) mass is 562 g/mol. The number of fused-ring (bicyclic) bond motifs is 2. The second-order valence-corrected chi connectivity index (χ2v) is 9.17. The number of hydrogen-bond acceptors (Lipinski definition) is 0. The molecule has 0 N–H and O–H groups in total. The summed E-state index contributed by atoms with van der Waals surface area (Å²) < 4.78 is 0. The van der Waals surface area contributed by atoms with Crippen molar-refractivity contribution in [1.82, 2.24) is 0 Å². The van der Waals surface area contributed by atoms with Gasteiger partial charge in [-0.15, -0.1) is 118 Å². The maximum atomic E-state index is 3.06. The van der Waals surface area contributed by atoms with Gasteiger partial charge in [-0.1, -0.05) is 64.5 Å². The predicted molar refractivity (Wildman–Crippen MR) is 150 cm³/mol. The minimum atomic E-state index is 0. The number of halogens is 2. The molecule has 0 aliphatic rings. The normalized spacial score (nSPS) is 10.0. The van der Waals surface area contributed by atoms with Gasteiger partial charge in [0.2, 0.25) is 0 Å². The zero-order valence-corrected chi connectivity index (χ0v) is 25.8. The summed E-state index contributed by atoms with van der Waals surface area (Å²) in [5.41, 5.74) is 3.40. The van der Waals surface area contributed by atoms with Crippen LogP contribution in [0.25, 0.3) is 21.5 Å². The van der Waals surface area contributed by atoms with Gasteiger partial charge in [0.25, 0.3) is 0 Å². The van der Waals surface area contributed by atoms with Crippen LogP contribution in [0.15, 0.2) is 72.8 Å². The zero-order valence-electron chi connectivity index (χ0n) is 20.7. The van der Waals surface area contributed by atoms with Crippen molar-refractivity contribution in [3.8, 4) is 0 Å². The molecule has 4 rings (SSSR count). The second kappa shape index (κ2) is 15.3. The SMILES string of the molecule is CC(C)(C)c1c[cH-]c2ccccc12.CC(C)(C)c1c[cH-]c2ccccc12.Cl.Cl.[CH3-].[CH3-].[Si]=[Zr]. The fourth-order valence-electron chi connectivity index (χ4n) is 3.61. The van der Waals surface area contributed by atoms with Gasteiger partial charge in [0.1, 0.15) is 0 Å². The summed E-state index contributed by atoms with van der Waals surface area (Å²) in [5.74, 6) is 0. The Hall–Kier alpha value is -0.660. The van der Waals surface area contributed by atoms with E-state index in [-0.39, 0.29) is 50.5 Å². The Kier molecular flexibility index (Phi) is 17.2. The first kappa shape index (κ1) is 35.9. The molecule has 0 aromatic heterocycles. The van der Waals surface area contributed by atoms with Gasteiger partial charge in [-0.2, -0.15) is 0 Å². The summed E-state index contributed by atoms with van der Waals surface area (Å²) in [6.07, 6.45) is 0. The summed E-state index contributed by atoms with van der Waals surface area (Å²) in [5, 5.41) is 5.50. The predicted octanol–water partition coefficient (Wildman–Crippen LogP) is 9.07. The average molecular weight is 565 g/mol. The molecule has 0 atom stereocenters. The summed E-state index contributed by atoms with van der Waals surface area (Å²) in [4.78, 5) is 0. The van der Waals surface area contributed by atoms with Crippen LogP contribution in [-0.2, 0) is 34.2 Å². The van der Waals surface area contributed by atoms with Crippen LogP contribution in [0, 0.1) is 14.9 Å². The van der Waals surface area contributed by atoms with E-state index in [1.165, 1.54) is 56.0 Å². The molecule has 0 aliphatic carbocycles. The number of rotatable bonds is 0. The fraction of sp³-hybridized carbons (Fsp3) is 0.286. The quantitative estimate of drug-likeness (QED) is 0.148. The third-order valence-corrected chi connectivity index (χ3v) is 4.98.